The second kappa shape index (κ2) is 22.8. The van der Waals surface area contributed by atoms with Gasteiger partial charge in [0, 0.05) is 37.5 Å². The summed E-state index contributed by atoms with van der Waals surface area (Å²) in [6, 6.07) is 5.00. The van der Waals surface area contributed by atoms with Crippen LogP contribution in [-0.4, -0.2) is 129 Å². The maximum Gasteiger partial charge on any atom is 0.326 e. The SMILES string of the molecule is Cc1ccc([N+](=O)[O-])c2c(NCCC(=O)N[C@H](C(=O)N[C@@H](CCCCNCC(N)=O)C(=O)N3CCC[C@H]3C(=O)N[C@@H](CCCN=C(N)N)C(=O)O)[C@@H](C)O)c3ccccc3nc12. The van der Waals surface area contributed by atoms with Crippen LogP contribution in [0, 0.1) is 17.0 Å². The molecule has 0 spiro atoms. The lowest BCUT2D eigenvalue weighted by atomic mass is 10.0. The molecule has 13 N–H and O–H groups in total. The van der Waals surface area contributed by atoms with Crippen LogP contribution in [0.2, 0.25) is 0 Å². The molecule has 62 heavy (non-hydrogen) atoms. The molecule has 0 aliphatic carbocycles. The van der Waals surface area contributed by atoms with Gasteiger partial charge in [-0.2, -0.15) is 0 Å². The number of carboxylic acids is 1. The van der Waals surface area contributed by atoms with E-state index in [1.54, 1.807) is 37.3 Å². The molecule has 0 unspecified atom stereocenters. The molecule has 5 atom stereocenters. The Hall–Kier alpha value is -6.68. The number of nitrogens with one attached hydrogen (secondary N) is 5. The number of primary amides is 1. The van der Waals surface area contributed by atoms with E-state index in [9.17, 15) is 49.1 Å². The number of benzene rings is 2. The van der Waals surface area contributed by atoms with Crippen molar-refractivity contribution in [3.63, 3.8) is 0 Å². The minimum atomic E-state index is -1.52. The highest BCUT2D eigenvalue weighted by Gasteiger charge is 2.39. The van der Waals surface area contributed by atoms with Gasteiger partial charge in [-0.05, 0) is 77.0 Å². The summed E-state index contributed by atoms with van der Waals surface area (Å²) in [5, 5.41) is 47.1. The van der Waals surface area contributed by atoms with Crippen molar-refractivity contribution in [3.05, 3.63) is 52.1 Å². The van der Waals surface area contributed by atoms with Crippen LogP contribution < -0.4 is 43.8 Å². The first kappa shape index (κ1) is 48.0. The number of nitrogens with two attached hydrogens (primary N) is 3. The van der Waals surface area contributed by atoms with Gasteiger partial charge in [0.25, 0.3) is 5.69 Å². The fourth-order valence-electron chi connectivity index (χ4n) is 7.26. The molecule has 22 heteroatoms. The summed E-state index contributed by atoms with van der Waals surface area (Å²) in [6.07, 6.45) is 0.157. The number of carbonyl (C=O) groups is 6. The van der Waals surface area contributed by atoms with Crippen LogP contribution >= 0.6 is 0 Å². The van der Waals surface area contributed by atoms with E-state index in [-0.39, 0.29) is 75.3 Å². The molecule has 4 rings (SSSR count). The van der Waals surface area contributed by atoms with Crippen LogP contribution in [0.1, 0.15) is 63.9 Å². The number of aliphatic imine (C=N–C) groups is 1. The van der Waals surface area contributed by atoms with Gasteiger partial charge in [-0.1, -0.05) is 24.3 Å². The number of hydrogen-bond donors (Lipinski definition) is 10. The highest BCUT2D eigenvalue weighted by atomic mass is 16.6. The third-order valence-corrected chi connectivity index (χ3v) is 10.4. The number of para-hydroxylation sites is 1. The van der Waals surface area contributed by atoms with Crippen LogP contribution in [0.3, 0.4) is 0 Å². The average molecular weight is 865 g/mol. The number of aryl methyl sites for hydroxylation is 1. The van der Waals surface area contributed by atoms with Crippen LogP contribution in [0.5, 0.6) is 0 Å². The predicted octanol–water partition coefficient (Wildman–Crippen LogP) is -0.384. The Balaban J connectivity index is 1.47. The summed E-state index contributed by atoms with van der Waals surface area (Å²) in [5.74, 6) is -4.84. The molecule has 1 aromatic heterocycles. The fourth-order valence-corrected chi connectivity index (χ4v) is 7.26. The number of guanidine groups is 1. The molecule has 2 aromatic carbocycles. The van der Waals surface area contributed by atoms with E-state index in [0.717, 1.165) is 0 Å². The van der Waals surface area contributed by atoms with Crippen LogP contribution in [0.15, 0.2) is 41.4 Å². The number of aliphatic hydroxyl groups excluding tert-OH is 1. The lowest BCUT2D eigenvalue weighted by Gasteiger charge is -2.31. The largest absolute Gasteiger partial charge is 0.480 e. The Labute approximate surface area is 356 Å². The van der Waals surface area contributed by atoms with Gasteiger partial charge < -0.3 is 58.9 Å². The first-order chi connectivity index (χ1) is 29.5. The molecule has 336 valence electrons. The molecule has 0 saturated carbocycles. The Morgan fingerprint density at radius 3 is 2.39 bits per heavy atom. The molecule has 5 amide bonds. The second-order valence-electron chi connectivity index (χ2n) is 15.1. The first-order valence-electron chi connectivity index (χ1n) is 20.4. The Morgan fingerprint density at radius 2 is 1.71 bits per heavy atom. The summed E-state index contributed by atoms with van der Waals surface area (Å²) >= 11 is 0. The van der Waals surface area contributed by atoms with Gasteiger partial charge >= 0.3 is 5.97 Å². The van der Waals surface area contributed by atoms with E-state index in [1.165, 1.54) is 17.9 Å². The summed E-state index contributed by atoms with van der Waals surface area (Å²) in [7, 11) is 0. The van der Waals surface area contributed by atoms with Crippen molar-refractivity contribution in [1.29, 1.82) is 0 Å². The molecule has 1 aliphatic heterocycles. The van der Waals surface area contributed by atoms with Gasteiger partial charge in [0.05, 0.1) is 34.3 Å². The van der Waals surface area contributed by atoms with Crippen molar-refractivity contribution in [1.82, 2.24) is 31.2 Å². The number of carboxylic acid groups (broad SMARTS) is 1. The van der Waals surface area contributed by atoms with Crippen LogP contribution in [0.25, 0.3) is 21.8 Å². The van der Waals surface area contributed by atoms with E-state index >= 15 is 0 Å². The molecular formula is C40H56N12O10. The van der Waals surface area contributed by atoms with Gasteiger partial charge in [-0.15, -0.1) is 0 Å². The Bertz CT molecular complexity index is 2160. The number of nitro benzene ring substituents is 1. The number of fused-ring (bicyclic) bond motifs is 2. The van der Waals surface area contributed by atoms with Gasteiger partial charge in [-0.25, -0.2) is 9.78 Å². The fraction of sp³-hybridized carbons (Fsp3) is 0.500. The smallest absolute Gasteiger partial charge is 0.326 e. The molecule has 1 saturated heterocycles. The maximum atomic E-state index is 14.2. The number of hydrogen-bond acceptors (Lipinski definition) is 13. The predicted molar refractivity (Wildman–Crippen MR) is 229 cm³/mol. The van der Waals surface area contributed by atoms with E-state index in [4.69, 9.17) is 17.2 Å². The summed E-state index contributed by atoms with van der Waals surface area (Å²) in [6.45, 7) is 3.63. The minimum absolute atomic E-state index is 0.0171. The number of aliphatic hydroxyl groups is 1. The highest BCUT2D eigenvalue weighted by molar-refractivity contribution is 6.12. The van der Waals surface area contributed by atoms with Crippen molar-refractivity contribution in [2.75, 3.05) is 38.0 Å². The molecular weight excluding hydrogens is 809 g/mol. The number of unbranched alkanes of at least 4 members (excludes halogenated alkanes) is 1. The summed E-state index contributed by atoms with van der Waals surface area (Å²) in [4.78, 5) is 99.2. The van der Waals surface area contributed by atoms with Crippen molar-refractivity contribution in [2.45, 2.75) is 95.5 Å². The lowest BCUT2D eigenvalue weighted by Crippen LogP contribution is -2.59. The number of non-ortho nitro benzene ring substituents is 1. The van der Waals surface area contributed by atoms with E-state index < -0.39 is 70.7 Å². The molecule has 22 nitrogen and oxygen atoms in total. The standard InChI is InChI=1S/C40H56N12O10/c1-22-14-15-28(52(61)62)32-33(22)47-25-10-4-3-9-24(25)35(32)45-19-16-31(55)50-34(23(2)53)37(57)48-26(11-5-6-17-44-21-30(41)54)38(58)51-20-8-13-29(51)36(56)49-27(39(59)60)12-7-18-46-40(42)43/h3-4,9-10,14-15,23,26-27,29,34,44,53H,5-8,11-13,16-21H2,1-2H3,(H2,41,54)(H,45,47)(H,48,57)(H,49,56)(H,50,55)(H,59,60)(H4,42,43,46)/t23-,26+,27+,29+,34+/m1/s1. The van der Waals surface area contributed by atoms with E-state index in [2.05, 4.69) is 36.6 Å². The normalized spacial score (nSPS) is 15.5. The Kier molecular flexibility index (Phi) is 17.6. The van der Waals surface area contributed by atoms with Crippen LogP contribution in [-0.2, 0) is 28.8 Å². The number of pyridine rings is 1. The van der Waals surface area contributed by atoms with Crippen molar-refractivity contribution < 1.29 is 43.9 Å². The molecule has 1 fully saturated rings. The van der Waals surface area contributed by atoms with Crippen molar-refractivity contribution in [2.24, 2.45) is 22.2 Å². The van der Waals surface area contributed by atoms with E-state index in [0.29, 0.717) is 53.5 Å². The molecule has 3 aromatic rings. The monoisotopic (exact) mass is 864 g/mol. The topological polar surface area (TPSA) is 353 Å². The van der Waals surface area contributed by atoms with Gasteiger partial charge in [0.1, 0.15) is 29.6 Å². The van der Waals surface area contributed by atoms with Gasteiger partial charge in [0.2, 0.25) is 29.5 Å². The maximum absolute atomic E-state index is 14.2. The Morgan fingerprint density at radius 1 is 0.984 bits per heavy atom. The first-order valence-corrected chi connectivity index (χ1v) is 20.4. The van der Waals surface area contributed by atoms with Crippen molar-refractivity contribution >= 4 is 74.6 Å². The highest BCUT2D eigenvalue weighted by Crippen LogP contribution is 2.38. The van der Waals surface area contributed by atoms with E-state index in [1.807, 2.05) is 0 Å². The number of amides is 5. The number of nitro groups is 1. The second-order valence-corrected chi connectivity index (χ2v) is 15.1. The minimum Gasteiger partial charge on any atom is -0.480 e. The molecule has 2 heterocycles. The third kappa shape index (κ3) is 13.2. The zero-order valence-corrected chi connectivity index (χ0v) is 34.7. The number of likely N-dealkylation sites (tertiary alicyclic amines) is 1. The molecule has 0 bridgehead atoms. The summed E-state index contributed by atoms with van der Waals surface area (Å²) < 4.78 is 0. The van der Waals surface area contributed by atoms with Crippen molar-refractivity contribution in [3.8, 4) is 0 Å². The molecule has 0 radical (unpaired) electrons. The number of carbonyl (C=O) groups excluding carboxylic acids is 5. The number of rotatable bonds is 24. The zero-order valence-electron chi connectivity index (χ0n) is 34.7. The average Bonchev–Trinajstić information content (AvgIpc) is 3.71. The number of aromatic nitrogens is 1. The van der Waals surface area contributed by atoms with Gasteiger partial charge in [-0.3, -0.25) is 39.1 Å². The van der Waals surface area contributed by atoms with Crippen LogP contribution in [0.4, 0.5) is 11.4 Å². The zero-order chi connectivity index (χ0) is 45.5. The number of anilines is 1. The number of nitrogens with zero attached hydrogens (tertiary/aromatic N) is 4. The number of aliphatic carboxylic acids is 1. The lowest BCUT2D eigenvalue weighted by molar-refractivity contribution is -0.383. The molecule has 1 aliphatic rings. The summed E-state index contributed by atoms with van der Waals surface area (Å²) in [5.41, 5.74) is 17.8. The third-order valence-electron chi connectivity index (χ3n) is 10.4. The quantitative estimate of drug-likeness (QED) is 0.0137. The van der Waals surface area contributed by atoms with Gasteiger partial charge in [0.15, 0.2) is 5.96 Å².